The monoisotopic (exact) mass is 399 g/mol. The molecule has 5 N–H and O–H groups in total. The summed E-state index contributed by atoms with van der Waals surface area (Å²) in [7, 11) is 0. The zero-order valence-corrected chi connectivity index (χ0v) is 16.6. The number of aryl methyl sites for hydroxylation is 1. The number of hydrogen-bond donors (Lipinski definition) is 5. The second-order valence-electron chi connectivity index (χ2n) is 7.83. The number of rotatable bonds is 5. The Morgan fingerprint density at radius 3 is 2.79 bits per heavy atom. The maximum absolute atomic E-state index is 9.25. The van der Waals surface area contributed by atoms with Crippen LogP contribution in [-0.2, 0) is 6.61 Å². The molecule has 1 unspecified atom stereocenters. The lowest BCUT2D eigenvalue weighted by molar-refractivity contribution is 0.230. The minimum atomic E-state index is -0.0726. The molecule has 0 aliphatic carbocycles. The van der Waals surface area contributed by atoms with Crippen molar-refractivity contribution in [3.63, 3.8) is 0 Å². The molecule has 8 nitrogen and oxygen atoms in total. The third kappa shape index (κ3) is 3.57. The topological polar surface area (TPSA) is 111 Å². The molecule has 3 atom stereocenters. The van der Waals surface area contributed by atoms with E-state index in [1.807, 2.05) is 0 Å². The Bertz CT molecular complexity index is 972. The van der Waals surface area contributed by atoms with E-state index >= 15 is 0 Å². The van der Waals surface area contributed by atoms with Crippen LogP contribution in [0.4, 0.5) is 17.6 Å². The number of nitrogens with zero attached hydrogens (tertiary/aromatic N) is 3. The number of aromatic amines is 1. The van der Waals surface area contributed by atoms with Crippen molar-refractivity contribution >= 4 is 39.1 Å². The van der Waals surface area contributed by atoms with Gasteiger partial charge in [-0.1, -0.05) is 6.42 Å². The van der Waals surface area contributed by atoms with Crippen LogP contribution in [0.3, 0.4) is 0 Å². The van der Waals surface area contributed by atoms with E-state index in [1.54, 1.807) is 17.4 Å². The average Bonchev–Trinajstić information content (AvgIpc) is 3.27. The molecule has 2 saturated heterocycles. The molecule has 3 aromatic rings. The first-order chi connectivity index (χ1) is 13.7. The number of hydrogen-bond acceptors (Lipinski definition) is 8. The summed E-state index contributed by atoms with van der Waals surface area (Å²) in [5.74, 6) is 2.05. The molecule has 2 bridgehead atoms. The predicted octanol–water partition coefficient (Wildman–Crippen LogP) is 3.04. The molecule has 28 heavy (non-hydrogen) atoms. The van der Waals surface area contributed by atoms with Crippen molar-refractivity contribution in [1.29, 1.82) is 0 Å². The van der Waals surface area contributed by atoms with Gasteiger partial charge in [-0.15, -0.1) is 11.3 Å². The summed E-state index contributed by atoms with van der Waals surface area (Å²) in [6.07, 6.45) is 6.08. The van der Waals surface area contributed by atoms with E-state index in [0.29, 0.717) is 35.6 Å². The molecule has 148 valence electrons. The van der Waals surface area contributed by atoms with E-state index < -0.39 is 0 Å². The van der Waals surface area contributed by atoms with Gasteiger partial charge in [0.1, 0.15) is 0 Å². The quantitative estimate of drug-likeness (QED) is 0.448. The van der Waals surface area contributed by atoms with Crippen molar-refractivity contribution in [2.24, 2.45) is 0 Å². The lowest BCUT2D eigenvalue weighted by Gasteiger charge is -2.40. The highest BCUT2D eigenvalue weighted by Gasteiger charge is 2.31. The van der Waals surface area contributed by atoms with Gasteiger partial charge in [-0.2, -0.15) is 10.1 Å². The summed E-state index contributed by atoms with van der Waals surface area (Å²) < 4.78 is 1.01. The number of thiophene rings is 1. The van der Waals surface area contributed by atoms with Crippen LogP contribution in [0, 0.1) is 6.92 Å². The number of aromatic nitrogens is 4. The lowest BCUT2D eigenvalue weighted by atomic mass is 9.84. The van der Waals surface area contributed by atoms with Crippen LogP contribution in [-0.4, -0.2) is 43.4 Å². The Balaban J connectivity index is 1.42. The van der Waals surface area contributed by atoms with E-state index in [4.69, 9.17) is 9.97 Å². The number of anilines is 3. The van der Waals surface area contributed by atoms with E-state index in [0.717, 1.165) is 28.9 Å². The smallest absolute Gasteiger partial charge is 0.225 e. The summed E-state index contributed by atoms with van der Waals surface area (Å²) >= 11 is 1.67. The number of piperidine rings is 2. The summed E-state index contributed by atoms with van der Waals surface area (Å²) in [4.78, 5) is 10.7. The molecule has 0 spiro atoms. The molecule has 0 amide bonds. The van der Waals surface area contributed by atoms with Crippen molar-refractivity contribution in [2.45, 2.75) is 63.8 Å². The summed E-state index contributed by atoms with van der Waals surface area (Å²) in [6, 6.07) is 5.49. The Morgan fingerprint density at radius 1 is 1.21 bits per heavy atom. The van der Waals surface area contributed by atoms with Crippen molar-refractivity contribution in [3.05, 3.63) is 22.7 Å². The van der Waals surface area contributed by atoms with Crippen LogP contribution in [0.5, 0.6) is 0 Å². The predicted molar refractivity (Wildman–Crippen MR) is 111 cm³/mol. The first-order valence-corrected chi connectivity index (χ1v) is 10.7. The molecule has 2 fully saturated rings. The van der Waals surface area contributed by atoms with Crippen LogP contribution in [0.2, 0.25) is 0 Å². The van der Waals surface area contributed by atoms with Crippen LogP contribution in [0.25, 0.3) is 10.2 Å². The van der Waals surface area contributed by atoms with Crippen LogP contribution in [0.15, 0.2) is 12.1 Å². The minimum Gasteiger partial charge on any atom is -0.390 e. The normalized spacial score (nSPS) is 24.4. The number of H-pyrrole nitrogens is 1. The molecule has 2 aliphatic rings. The zero-order valence-electron chi connectivity index (χ0n) is 15.8. The Morgan fingerprint density at radius 2 is 2.04 bits per heavy atom. The van der Waals surface area contributed by atoms with Crippen LogP contribution < -0.4 is 16.0 Å². The zero-order chi connectivity index (χ0) is 19.1. The van der Waals surface area contributed by atoms with E-state index in [9.17, 15) is 5.11 Å². The van der Waals surface area contributed by atoms with Gasteiger partial charge < -0.3 is 21.1 Å². The molecule has 0 radical (unpaired) electrons. The standard InChI is InChI=1S/C19H25N7OS/c1-10-5-15-17(28-10)18(23-16-8-14(9-27)25-26-16)24-19(22-15)21-13-6-11-3-2-4-12(7-13)20-11/h5,8,11-13,20,27H,2-4,6-7,9H2,1H3,(H3,21,22,23,24,25,26)/t11-,12+,13?. The number of aliphatic hydroxyl groups excluding tert-OH is 1. The maximum Gasteiger partial charge on any atom is 0.225 e. The third-order valence-corrected chi connectivity index (χ3v) is 6.64. The van der Waals surface area contributed by atoms with E-state index in [-0.39, 0.29) is 6.61 Å². The largest absolute Gasteiger partial charge is 0.390 e. The number of fused-ring (bicyclic) bond motifs is 3. The van der Waals surface area contributed by atoms with Gasteiger partial charge in [0.2, 0.25) is 5.95 Å². The van der Waals surface area contributed by atoms with Crippen LogP contribution >= 0.6 is 11.3 Å². The molecule has 5 heterocycles. The average molecular weight is 400 g/mol. The maximum atomic E-state index is 9.25. The Kier molecular flexibility index (Phi) is 4.65. The highest BCUT2D eigenvalue weighted by atomic mass is 32.1. The molecule has 3 aromatic heterocycles. The van der Waals surface area contributed by atoms with Gasteiger partial charge in [0, 0.05) is 29.1 Å². The van der Waals surface area contributed by atoms with Gasteiger partial charge in [0.25, 0.3) is 0 Å². The highest BCUT2D eigenvalue weighted by Crippen LogP contribution is 2.33. The summed E-state index contributed by atoms with van der Waals surface area (Å²) in [5, 5.41) is 26.9. The van der Waals surface area contributed by atoms with Gasteiger partial charge in [-0.25, -0.2) is 4.98 Å². The molecule has 2 aliphatic heterocycles. The van der Waals surface area contributed by atoms with Crippen molar-refractivity contribution in [1.82, 2.24) is 25.5 Å². The molecule has 0 aromatic carbocycles. The fourth-order valence-corrected chi connectivity index (χ4v) is 5.29. The Labute approximate surface area is 167 Å². The van der Waals surface area contributed by atoms with E-state index in [2.05, 4.69) is 39.1 Å². The molecular formula is C19H25N7OS. The fourth-order valence-electron chi connectivity index (χ4n) is 4.39. The van der Waals surface area contributed by atoms with Gasteiger partial charge in [0.15, 0.2) is 11.6 Å². The van der Waals surface area contributed by atoms with Gasteiger partial charge in [0.05, 0.1) is 22.5 Å². The lowest BCUT2D eigenvalue weighted by Crippen LogP contribution is -2.52. The minimum absolute atomic E-state index is 0.0726. The first-order valence-electron chi connectivity index (χ1n) is 9.89. The molecule has 5 rings (SSSR count). The van der Waals surface area contributed by atoms with Crippen molar-refractivity contribution < 1.29 is 5.11 Å². The molecule has 9 heteroatoms. The number of aliphatic hydroxyl groups is 1. The molecule has 0 saturated carbocycles. The van der Waals surface area contributed by atoms with Gasteiger partial charge in [-0.3, -0.25) is 5.10 Å². The summed E-state index contributed by atoms with van der Waals surface area (Å²) in [5.41, 5.74) is 1.60. The second kappa shape index (κ2) is 7.31. The van der Waals surface area contributed by atoms with E-state index in [1.165, 1.54) is 24.1 Å². The van der Waals surface area contributed by atoms with Gasteiger partial charge in [-0.05, 0) is 38.7 Å². The van der Waals surface area contributed by atoms with Crippen molar-refractivity contribution in [3.8, 4) is 0 Å². The van der Waals surface area contributed by atoms with Crippen LogP contribution in [0.1, 0.15) is 42.7 Å². The van der Waals surface area contributed by atoms with Gasteiger partial charge >= 0.3 is 0 Å². The first kappa shape index (κ1) is 17.8. The number of nitrogens with one attached hydrogen (secondary N) is 4. The molecular weight excluding hydrogens is 374 g/mol. The second-order valence-corrected chi connectivity index (χ2v) is 9.09. The summed E-state index contributed by atoms with van der Waals surface area (Å²) in [6.45, 7) is 2.01. The van der Waals surface area contributed by atoms with Crippen molar-refractivity contribution in [2.75, 3.05) is 10.6 Å². The highest BCUT2D eigenvalue weighted by molar-refractivity contribution is 7.19. The SMILES string of the molecule is Cc1cc2nc(NC3C[C@H]4CCC[C@@H](C3)N4)nc(Nc3cc(CO)[nH]n3)c2s1. The Hall–Kier alpha value is -2.23. The third-order valence-electron chi connectivity index (χ3n) is 5.59. The fraction of sp³-hybridized carbons (Fsp3) is 0.526.